The Morgan fingerprint density at radius 1 is 1.38 bits per heavy atom. The standard InChI is InChI=1S/C8H13FN4/c1-2-3-4-5-10-8-12-6-11-7(9)13-8/h6H,2-5H2,1H3,(H,10,11,12,13). The molecule has 0 saturated heterocycles. The number of nitrogens with zero attached hydrogens (tertiary/aromatic N) is 3. The maximum atomic E-state index is 12.4. The summed E-state index contributed by atoms with van der Waals surface area (Å²) in [5, 5.41) is 2.92. The smallest absolute Gasteiger partial charge is 0.313 e. The van der Waals surface area contributed by atoms with Gasteiger partial charge >= 0.3 is 6.08 Å². The van der Waals surface area contributed by atoms with Crippen LogP contribution >= 0.6 is 0 Å². The third-order valence-corrected chi connectivity index (χ3v) is 1.61. The van der Waals surface area contributed by atoms with E-state index in [1.165, 1.54) is 0 Å². The molecule has 1 N–H and O–H groups in total. The van der Waals surface area contributed by atoms with Gasteiger partial charge in [-0.25, -0.2) is 4.98 Å². The van der Waals surface area contributed by atoms with E-state index in [9.17, 15) is 4.39 Å². The average molecular weight is 184 g/mol. The molecule has 0 bridgehead atoms. The van der Waals surface area contributed by atoms with Crippen LogP contribution in [0.4, 0.5) is 10.3 Å². The molecule has 0 amide bonds. The van der Waals surface area contributed by atoms with Crippen molar-refractivity contribution >= 4 is 5.95 Å². The van der Waals surface area contributed by atoms with Gasteiger partial charge in [-0.15, -0.1) is 0 Å². The second kappa shape index (κ2) is 5.40. The molecule has 1 aromatic rings. The lowest BCUT2D eigenvalue weighted by Gasteiger charge is -2.02. The normalized spacial score (nSPS) is 10.0. The van der Waals surface area contributed by atoms with E-state index in [1.807, 2.05) is 0 Å². The van der Waals surface area contributed by atoms with Crippen LogP contribution in [0.2, 0.25) is 0 Å². The predicted molar refractivity (Wildman–Crippen MR) is 47.8 cm³/mol. The molecule has 0 spiro atoms. The first-order valence-corrected chi connectivity index (χ1v) is 4.41. The maximum Gasteiger partial charge on any atom is 0.313 e. The van der Waals surface area contributed by atoms with E-state index in [0.29, 0.717) is 5.95 Å². The molecule has 0 radical (unpaired) electrons. The van der Waals surface area contributed by atoms with Gasteiger partial charge in [0.2, 0.25) is 5.95 Å². The SMILES string of the molecule is CCCCCNc1ncnc(F)n1. The quantitative estimate of drug-likeness (QED) is 0.706. The van der Waals surface area contributed by atoms with Crippen LogP contribution in [0.3, 0.4) is 0 Å². The van der Waals surface area contributed by atoms with Crippen LogP contribution in [0.15, 0.2) is 6.33 Å². The fraction of sp³-hybridized carbons (Fsp3) is 0.625. The summed E-state index contributed by atoms with van der Waals surface area (Å²) in [6, 6.07) is 0. The molecule has 0 aliphatic heterocycles. The zero-order chi connectivity index (χ0) is 9.52. The minimum Gasteiger partial charge on any atom is -0.354 e. The molecule has 0 aliphatic rings. The van der Waals surface area contributed by atoms with Crippen LogP contribution in [0.5, 0.6) is 0 Å². The Kier molecular flexibility index (Phi) is 4.08. The predicted octanol–water partition coefficient (Wildman–Crippen LogP) is 1.61. The highest BCUT2D eigenvalue weighted by Gasteiger charge is 1.96. The molecule has 0 aromatic carbocycles. The van der Waals surface area contributed by atoms with Gasteiger partial charge in [0.05, 0.1) is 0 Å². The number of hydrogen-bond donors (Lipinski definition) is 1. The van der Waals surface area contributed by atoms with Crippen molar-refractivity contribution in [1.82, 2.24) is 15.0 Å². The number of rotatable bonds is 5. The molecule has 72 valence electrons. The molecule has 1 aromatic heterocycles. The first-order valence-electron chi connectivity index (χ1n) is 4.41. The minimum atomic E-state index is -0.743. The van der Waals surface area contributed by atoms with E-state index in [2.05, 4.69) is 27.2 Å². The van der Waals surface area contributed by atoms with Gasteiger partial charge in [0.1, 0.15) is 6.33 Å². The highest BCUT2D eigenvalue weighted by molar-refractivity contribution is 5.20. The molecular weight excluding hydrogens is 171 g/mol. The van der Waals surface area contributed by atoms with E-state index < -0.39 is 6.08 Å². The van der Waals surface area contributed by atoms with Crippen LogP contribution in [-0.4, -0.2) is 21.5 Å². The molecule has 1 rings (SSSR count). The van der Waals surface area contributed by atoms with Crippen molar-refractivity contribution in [1.29, 1.82) is 0 Å². The van der Waals surface area contributed by atoms with Crippen molar-refractivity contribution < 1.29 is 4.39 Å². The number of aromatic nitrogens is 3. The van der Waals surface area contributed by atoms with E-state index in [4.69, 9.17) is 0 Å². The summed E-state index contributed by atoms with van der Waals surface area (Å²) in [4.78, 5) is 10.5. The fourth-order valence-electron chi connectivity index (χ4n) is 0.937. The lowest BCUT2D eigenvalue weighted by molar-refractivity contribution is 0.533. The summed E-state index contributed by atoms with van der Waals surface area (Å²) < 4.78 is 12.4. The third-order valence-electron chi connectivity index (χ3n) is 1.61. The molecule has 4 nitrogen and oxygen atoms in total. The molecular formula is C8H13FN4. The lowest BCUT2D eigenvalue weighted by atomic mass is 10.2. The Labute approximate surface area is 76.6 Å². The van der Waals surface area contributed by atoms with Crippen LogP contribution in [-0.2, 0) is 0 Å². The van der Waals surface area contributed by atoms with Crippen molar-refractivity contribution in [2.24, 2.45) is 0 Å². The van der Waals surface area contributed by atoms with Gasteiger partial charge in [-0.2, -0.15) is 14.4 Å². The summed E-state index contributed by atoms with van der Waals surface area (Å²) in [5.74, 6) is 0.309. The zero-order valence-electron chi connectivity index (χ0n) is 7.63. The van der Waals surface area contributed by atoms with E-state index >= 15 is 0 Å². The number of halogens is 1. The summed E-state index contributed by atoms with van der Waals surface area (Å²) in [6.07, 6.45) is 3.77. The molecule has 0 fully saturated rings. The van der Waals surface area contributed by atoms with Crippen molar-refractivity contribution in [3.63, 3.8) is 0 Å². The number of nitrogens with one attached hydrogen (secondary N) is 1. The highest BCUT2D eigenvalue weighted by Crippen LogP contribution is 1.98. The van der Waals surface area contributed by atoms with Crippen molar-refractivity contribution in [3.05, 3.63) is 12.4 Å². The lowest BCUT2D eigenvalue weighted by Crippen LogP contribution is -2.06. The van der Waals surface area contributed by atoms with Crippen LogP contribution in [0.25, 0.3) is 0 Å². The van der Waals surface area contributed by atoms with Crippen molar-refractivity contribution in [3.8, 4) is 0 Å². The summed E-state index contributed by atoms with van der Waals surface area (Å²) in [7, 11) is 0. The van der Waals surface area contributed by atoms with Crippen LogP contribution in [0.1, 0.15) is 26.2 Å². The Hall–Kier alpha value is -1.26. The summed E-state index contributed by atoms with van der Waals surface area (Å²) in [5.41, 5.74) is 0. The van der Waals surface area contributed by atoms with Gasteiger partial charge in [-0.05, 0) is 6.42 Å². The van der Waals surface area contributed by atoms with Crippen molar-refractivity contribution in [2.75, 3.05) is 11.9 Å². The van der Waals surface area contributed by atoms with Gasteiger partial charge in [-0.3, -0.25) is 0 Å². The Balaban J connectivity index is 2.28. The van der Waals surface area contributed by atoms with Gasteiger partial charge in [0, 0.05) is 6.54 Å². The van der Waals surface area contributed by atoms with E-state index in [0.717, 1.165) is 32.1 Å². The van der Waals surface area contributed by atoms with E-state index in [-0.39, 0.29) is 0 Å². The average Bonchev–Trinajstić information content (AvgIpc) is 2.13. The molecule has 0 aliphatic carbocycles. The number of anilines is 1. The molecule has 13 heavy (non-hydrogen) atoms. The Bertz CT molecular complexity index is 254. The first kappa shape index (κ1) is 9.83. The zero-order valence-corrected chi connectivity index (χ0v) is 7.63. The molecule has 5 heteroatoms. The van der Waals surface area contributed by atoms with Gasteiger partial charge in [-0.1, -0.05) is 19.8 Å². The molecule has 0 saturated carbocycles. The van der Waals surface area contributed by atoms with E-state index in [1.54, 1.807) is 0 Å². The van der Waals surface area contributed by atoms with Crippen molar-refractivity contribution in [2.45, 2.75) is 26.2 Å². The maximum absolute atomic E-state index is 12.4. The van der Waals surface area contributed by atoms with Crippen LogP contribution < -0.4 is 5.32 Å². The third kappa shape index (κ3) is 3.78. The summed E-state index contributed by atoms with van der Waals surface area (Å²) in [6.45, 7) is 2.90. The van der Waals surface area contributed by atoms with Gasteiger partial charge in [0.25, 0.3) is 0 Å². The topological polar surface area (TPSA) is 50.7 Å². The fourth-order valence-corrected chi connectivity index (χ4v) is 0.937. The van der Waals surface area contributed by atoms with Crippen LogP contribution in [0, 0.1) is 6.08 Å². The number of unbranched alkanes of at least 4 members (excludes halogenated alkanes) is 2. The largest absolute Gasteiger partial charge is 0.354 e. The Morgan fingerprint density at radius 2 is 2.23 bits per heavy atom. The number of hydrogen-bond acceptors (Lipinski definition) is 4. The van der Waals surface area contributed by atoms with Gasteiger partial charge in [0.15, 0.2) is 0 Å². The first-order chi connectivity index (χ1) is 6.33. The molecule has 1 heterocycles. The molecule has 0 atom stereocenters. The highest BCUT2D eigenvalue weighted by atomic mass is 19.1. The monoisotopic (exact) mass is 184 g/mol. The Morgan fingerprint density at radius 3 is 2.92 bits per heavy atom. The second-order valence-corrected chi connectivity index (χ2v) is 2.71. The molecule has 0 unspecified atom stereocenters. The van der Waals surface area contributed by atoms with Gasteiger partial charge < -0.3 is 5.32 Å². The minimum absolute atomic E-state index is 0.309. The summed E-state index contributed by atoms with van der Waals surface area (Å²) >= 11 is 0. The second-order valence-electron chi connectivity index (χ2n) is 2.71.